The summed E-state index contributed by atoms with van der Waals surface area (Å²) in [7, 11) is -4.77. The Bertz CT molecular complexity index is 1540. The van der Waals surface area contributed by atoms with Gasteiger partial charge in [-0.2, -0.15) is 0 Å². The summed E-state index contributed by atoms with van der Waals surface area (Å²) in [6.07, 6.45) is 59.6. The smallest absolute Gasteiger partial charge is 0.462 e. The molecular formula is C58H97O11P. The number of phosphoric acid groups is 1. The standard InChI is InChI=1S/C58H97O11P/c1-4-7-10-13-16-19-22-25-26-27-28-31-34-37-40-43-46-49-58(62)69-55(51-65-56(60)47-44-41-38-35-32-29-23-20-17-14-11-8-5-2)53-67-70(63,64)66-52-54(50-59)68-57(61)48-45-42-39-36-33-30-24-21-18-15-12-9-6-3/h8,11-12,15-17,19-21,24-26,29,32,38,41,54-55,59H,4-7,9-10,13-14,18,22-23,27-28,30-31,33-37,39-40,42-53H2,1-3H3,(H,63,64)/b11-8-,15-12-,19-16-,20-17-,24-21-,26-25-,32-29-,41-38-. The van der Waals surface area contributed by atoms with Gasteiger partial charge >= 0.3 is 25.7 Å². The SMILES string of the molecule is CC/C=C\C/C=C\C/C=C\C/C=C\CCC(=O)OCC(COP(=O)(O)OCC(CO)OC(=O)CCCCCCC/C=C\C/C=C\CCC)OC(=O)CCCCCCCCC/C=C\C/C=C\CCCCC. The molecule has 0 radical (unpaired) electrons. The fourth-order valence-electron chi connectivity index (χ4n) is 6.85. The Balaban J connectivity index is 4.84. The van der Waals surface area contributed by atoms with Crippen molar-refractivity contribution < 1.29 is 52.2 Å². The molecule has 0 saturated carbocycles. The second kappa shape index (κ2) is 51.7. The highest BCUT2D eigenvalue weighted by Gasteiger charge is 2.28. The van der Waals surface area contributed by atoms with Gasteiger partial charge in [-0.25, -0.2) is 4.57 Å². The fourth-order valence-corrected chi connectivity index (χ4v) is 7.63. The number of esters is 3. The van der Waals surface area contributed by atoms with Crippen molar-refractivity contribution in [1.82, 2.24) is 0 Å². The molecular weight excluding hydrogens is 904 g/mol. The molecule has 0 fully saturated rings. The van der Waals surface area contributed by atoms with Crippen LogP contribution in [0.3, 0.4) is 0 Å². The molecule has 3 atom stereocenters. The molecule has 12 heteroatoms. The number of aliphatic hydroxyl groups is 1. The highest BCUT2D eigenvalue weighted by molar-refractivity contribution is 7.47. The number of aliphatic hydroxyl groups excluding tert-OH is 1. The quantitative estimate of drug-likeness (QED) is 0.0197. The number of hydrogen-bond donors (Lipinski definition) is 2. The molecule has 0 aliphatic heterocycles. The summed E-state index contributed by atoms with van der Waals surface area (Å²) in [5, 5.41) is 9.78. The molecule has 0 aromatic carbocycles. The average Bonchev–Trinajstić information content (AvgIpc) is 3.35. The third-order valence-corrected chi connectivity index (χ3v) is 11.9. The normalized spacial score (nSPS) is 14.2. The lowest BCUT2D eigenvalue weighted by molar-refractivity contribution is -0.161. The number of unbranched alkanes of at least 4 members (excludes halogenated alkanes) is 16. The molecule has 0 amide bonds. The van der Waals surface area contributed by atoms with Crippen LogP contribution in [0.15, 0.2) is 97.2 Å². The molecule has 0 aromatic heterocycles. The lowest BCUT2D eigenvalue weighted by atomic mass is 10.1. The van der Waals surface area contributed by atoms with Crippen molar-refractivity contribution in [2.24, 2.45) is 0 Å². The number of allylic oxidation sites excluding steroid dienone is 16. The van der Waals surface area contributed by atoms with Gasteiger partial charge in [0.2, 0.25) is 0 Å². The van der Waals surface area contributed by atoms with Crippen LogP contribution in [-0.2, 0) is 42.2 Å². The molecule has 400 valence electrons. The van der Waals surface area contributed by atoms with E-state index in [0.717, 1.165) is 116 Å². The van der Waals surface area contributed by atoms with E-state index in [4.69, 9.17) is 23.3 Å². The van der Waals surface area contributed by atoms with E-state index in [1.807, 2.05) is 12.2 Å². The van der Waals surface area contributed by atoms with Crippen molar-refractivity contribution in [3.63, 3.8) is 0 Å². The van der Waals surface area contributed by atoms with Crippen LogP contribution >= 0.6 is 7.82 Å². The average molecular weight is 1000 g/mol. The summed E-state index contributed by atoms with van der Waals surface area (Å²) in [5.74, 6) is -1.59. The topological polar surface area (TPSA) is 155 Å². The lowest BCUT2D eigenvalue weighted by Crippen LogP contribution is -2.30. The zero-order valence-electron chi connectivity index (χ0n) is 43.9. The van der Waals surface area contributed by atoms with E-state index < -0.39 is 57.8 Å². The Kier molecular flexibility index (Phi) is 49.1. The van der Waals surface area contributed by atoms with Gasteiger partial charge in [0.05, 0.1) is 19.8 Å². The van der Waals surface area contributed by atoms with Crippen molar-refractivity contribution in [3.8, 4) is 0 Å². The van der Waals surface area contributed by atoms with Crippen molar-refractivity contribution >= 4 is 25.7 Å². The maximum atomic E-state index is 12.9. The number of carbonyl (C=O) groups excluding carboxylic acids is 3. The van der Waals surface area contributed by atoms with Crippen molar-refractivity contribution in [1.29, 1.82) is 0 Å². The molecule has 0 aliphatic rings. The minimum Gasteiger partial charge on any atom is -0.462 e. The minimum atomic E-state index is -4.77. The molecule has 3 unspecified atom stereocenters. The summed E-state index contributed by atoms with van der Waals surface area (Å²) in [6.45, 7) is 4.31. The monoisotopic (exact) mass is 1000 g/mol. The van der Waals surface area contributed by atoms with Crippen LogP contribution in [0, 0.1) is 0 Å². The molecule has 0 spiro atoms. The van der Waals surface area contributed by atoms with Crippen LogP contribution in [0.4, 0.5) is 0 Å². The van der Waals surface area contributed by atoms with E-state index in [-0.39, 0.29) is 25.9 Å². The zero-order valence-corrected chi connectivity index (χ0v) is 44.8. The van der Waals surface area contributed by atoms with Crippen molar-refractivity contribution in [3.05, 3.63) is 97.2 Å². The Hall–Kier alpha value is -3.60. The molecule has 0 heterocycles. The molecule has 0 aromatic rings. The van der Waals surface area contributed by atoms with Gasteiger partial charge in [0, 0.05) is 19.3 Å². The van der Waals surface area contributed by atoms with E-state index in [9.17, 15) is 28.9 Å². The second-order valence-electron chi connectivity index (χ2n) is 17.7. The first kappa shape index (κ1) is 66.4. The maximum absolute atomic E-state index is 12.9. The molecule has 0 aliphatic carbocycles. The summed E-state index contributed by atoms with van der Waals surface area (Å²) in [5.41, 5.74) is 0. The summed E-state index contributed by atoms with van der Waals surface area (Å²) >= 11 is 0. The summed E-state index contributed by atoms with van der Waals surface area (Å²) in [4.78, 5) is 48.4. The number of rotatable bonds is 49. The van der Waals surface area contributed by atoms with E-state index in [1.54, 1.807) is 0 Å². The van der Waals surface area contributed by atoms with E-state index >= 15 is 0 Å². The molecule has 70 heavy (non-hydrogen) atoms. The highest BCUT2D eigenvalue weighted by atomic mass is 31.2. The van der Waals surface area contributed by atoms with Gasteiger partial charge in [0.15, 0.2) is 6.10 Å². The first-order valence-electron chi connectivity index (χ1n) is 27.1. The Morgan fingerprint density at radius 2 is 0.800 bits per heavy atom. The van der Waals surface area contributed by atoms with Gasteiger partial charge in [-0.1, -0.05) is 189 Å². The maximum Gasteiger partial charge on any atom is 0.472 e. The fraction of sp³-hybridized carbons (Fsp3) is 0.672. The summed E-state index contributed by atoms with van der Waals surface area (Å²) in [6, 6.07) is 0. The lowest BCUT2D eigenvalue weighted by Gasteiger charge is -2.21. The third kappa shape index (κ3) is 49.4. The number of hydrogen-bond acceptors (Lipinski definition) is 10. The molecule has 0 bridgehead atoms. The van der Waals surface area contributed by atoms with E-state index in [2.05, 4.69) is 106 Å². The first-order chi connectivity index (χ1) is 34.2. The van der Waals surface area contributed by atoms with E-state index in [1.165, 1.54) is 38.5 Å². The number of phosphoric ester groups is 1. The van der Waals surface area contributed by atoms with Gasteiger partial charge in [0.1, 0.15) is 12.7 Å². The largest absolute Gasteiger partial charge is 0.472 e. The Morgan fingerprint density at radius 1 is 0.414 bits per heavy atom. The van der Waals surface area contributed by atoms with Gasteiger partial charge < -0.3 is 24.2 Å². The molecule has 11 nitrogen and oxygen atoms in total. The predicted octanol–water partition coefficient (Wildman–Crippen LogP) is 15.7. The number of carbonyl (C=O) groups is 3. The van der Waals surface area contributed by atoms with E-state index in [0.29, 0.717) is 19.3 Å². The van der Waals surface area contributed by atoms with Crippen LogP contribution in [-0.4, -0.2) is 66.5 Å². The van der Waals surface area contributed by atoms with Crippen molar-refractivity contribution in [2.75, 3.05) is 26.4 Å². The van der Waals surface area contributed by atoms with Crippen LogP contribution in [0.2, 0.25) is 0 Å². The predicted molar refractivity (Wildman–Crippen MR) is 288 cm³/mol. The van der Waals surface area contributed by atoms with Gasteiger partial charge in [-0.05, 0) is 103 Å². The van der Waals surface area contributed by atoms with Crippen LogP contribution in [0.1, 0.15) is 213 Å². The molecule has 2 N–H and O–H groups in total. The Morgan fingerprint density at radius 3 is 1.26 bits per heavy atom. The Labute approximate surface area is 425 Å². The van der Waals surface area contributed by atoms with Gasteiger partial charge in [0.25, 0.3) is 0 Å². The third-order valence-electron chi connectivity index (χ3n) is 11.0. The minimum absolute atomic E-state index is 0.0989. The van der Waals surface area contributed by atoms with Crippen LogP contribution < -0.4 is 0 Å². The highest BCUT2D eigenvalue weighted by Crippen LogP contribution is 2.43. The molecule has 0 rings (SSSR count). The van der Waals surface area contributed by atoms with Crippen molar-refractivity contribution in [2.45, 2.75) is 226 Å². The zero-order chi connectivity index (χ0) is 51.3. The first-order valence-corrected chi connectivity index (χ1v) is 28.6. The molecule has 0 saturated heterocycles. The second-order valence-corrected chi connectivity index (χ2v) is 19.1. The van der Waals surface area contributed by atoms with Gasteiger partial charge in [-0.15, -0.1) is 0 Å². The van der Waals surface area contributed by atoms with Gasteiger partial charge in [-0.3, -0.25) is 23.4 Å². The van der Waals surface area contributed by atoms with Crippen LogP contribution in [0.25, 0.3) is 0 Å². The van der Waals surface area contributed by atoms with Crippen LogP contribution in [0.5, 0.6) is 0 Å². The number of ether oxygens (including phenoxy) is 3. The summed E-state index contributed by atoms with van der Waals surface area (Å²) < 4.78 is 39.3.